The van der Waals surface area contributed by atoms with Gasteiger partial charge in [0, 0.05) is 18.8 Å². The summed E-state index contributed by atoms with van der Waals surface area (Å²) in [4.78, 5) is 0.251. The van der Waals surface area contributed by atoms with Crippen LogP contribution in [0.2, 0.25) is 0 Å². The molecule has 2 N–H and O–H groups in total. The van der Waals surface area contributed by atoms with Crippen LogP contribution in [0.1, 0.15) is 39.0 Å². The molecular weight excluding hydrogens is 288 g/mol. The first-order valence-corrected chi connectivity index (χ1v) is 9.20. The van der Waals surface area contributed by atoms with Gasteiger partial charge in [-0.2, -0.15) is 5.10 Å². The Morgan fingerprint density at radius 1 is 1.38 bits per heavy atom. The molecule has 0 spiro atoms. The van der Waals surface area contributed by atoms with E-state index >= 15 is 0 Å². The zero-order chi connectivity index (χ0) is 15.3. The van der Waals surface area contributed by atoms with E-state index < -0.39 is 10.0 Å². The minimum absolute atomic E-state index is 0.0176. The molecule has 0 aromatic carbocycles. The molecular formula is C14H26N4O2S. The van der Waals surface area contributed by atoms with E-state index in [2.05, 4.69) is 15.1 Å². The fourth-order valence-corrected chi connectivity index (χ4v) is 4.14. The molecule has 120 valence electrons. The average Bonchev–Trinajstić information content (AvgIpc) is 2.95. The molecule has 6 nitrogen and oxygen atoms in total. The van der Waals surface area contributed by atoms with Gasteiger partial charge in [0.25, 0.3) is 0 Å². The van der Waals surface area contributed by atoms with Gasteiger partial charge in [-0.3, -0.25) is 4.68 Å². The van der Waals surface area contributed by atoms with Crippen molar-refractivity contribution in [3.8, 4) is 0 Å². The Morgan fingerprint density at radius 2 is 2.10 bits per heavy atom. The molecule has 0 bridgehead atoms. The van der Waals surface area contributed by atoms with E-state index in [0.29, 0.717) is 12.5 Å². The summed E-state index contributed by atoms with van der Waals surface area (Å²) >= 11 is 0. The lowest BCUT2D eigenvalue weighted by atomic mass is 9.85. The summed E-state index contributed by atoms with van der Waals surface area (Å²) in [6.45, 7) is 3.39. The monoisotopic (exact) mass is 314 g/mol. The summed E-state index contributed by atoms with van der Waals surface area (Å²) in [6, 6.07) is -0.0176. The number of hydrogen-bond acceptors (Lipinski definition) is 4. The second-order valence-electron chi connectivity index (χ2n) is 5.85. The number of nitrogens with zero attached hydrogens (tertiary/aromatic N) is 2. The number of sulfonamides is 1. The van der Waals surface area contributed by atoms with Gasteiger partial charge in [0.2, 0.25) is 10.0 Å². The Kier molecular flexibility index (Phi) is 5.78. The molecule has 2 rings (SSSR count). The summed E-state index contributed by atoms with van der Waals surface area (Å²) < 4.78 is 29.2. The fourth-order valence-electron chi connectivity index (χ4n) is 2.88. The second kappa shape index (κ2) is 7.38. The van der Waals surface area contributed by atoms with Gasteiger partial charge in [-0.05, 0) is 32.7 Å². The van der Waals surface area contributed by atoms with Gasteiger partial charge in [0.1, 0.15) is 4.90 Å². The molecule has 1 aromatic heterocycles. The lowest BCUT2D eigenvalue weighted by Gasteiger charge is -2.27. The zero-order valence-electron chi connectivity index (χ0n) is 12.9. The predicted octanol–water partition coefficient (Wildman–Crippen LogP) is 1.35. The topological polar surface area (TPSA) is 76.0 Å². The first-order chi connectivity index (χ1) is 10.0. The Labute approximate surface area is 127 Å². The third-order valence-corrected chi connectivity index (χ3v) is 5.72. The molecule has 1 atom stereocenters. The molecule has 0 radical (unpaired) electrons. The van der Waals surface area contributed by atoms with Crippen LogP contribution in [0.5, 0.6) is 0 Å². The largest absolute Gasteiger partial charge is 0.318 e. The molecule has 0 aliphatic heterocycles. The van der Waals surface area contributed by atoms with E-state index in [1.807, 2.05) is 14.0 Å². The third-order valence-electron chi connectivity index (χ3n) is 4.21. The first kappa shape index (κ1) is 16.5. The van der Waals surface area contributed by atoms with Gasteiger partial charge >= 0.3 is 0 Å². The van der Waals surface area contributed by atoms with Crippen LogP contribution < -0.4 is 10.0 Å². The summed E-state index contributed by atoms with van der Waals surface area (Å²) in [6.07, 6.45) is 8.93. The highest BCUT2D eigenvalue weighted by atomic mass is 32.2. The number of rotatable bonds is 7. The van der Waals surface area contributed by atoms with Crippen LogP contribution in [0.4, 0.5) is 0 Å². The van der Waals surface area contributed by atoms with Crippen molar-refractivity contribution in [2.75, 3.05) is 13.6 Å². The Bertz CT molecular complexity index is 535. The van der Waals surface area contributed by atoms with E-state index in [-0.39, 0.29) is 10.9 Å². The quantitative estimate of drug-likeness (QED) is 0.796. The number of hydrogen-bond donors (Lipinski definition) is 2. The van der Waals surface area contributed by atoms with Crippen molar-refractivity contribution in [2.24, 2.45) is 5.92 Å². The zero-order valence-corrected chi connectivity index (χ0v) is 13.7. The van der Waals surface area contributed by atoms with Crippen molar-refractivity contribution in [3.63, 3.8) is 0 Å². The third kappa shape index (κ3) is 4.52. The lowest BCUT2D eigenvalue weighted by Crippen LogP contribution is -2.38. The molecule has 0 amide bonds. The number of aromatic nitrogens is 2. The van der Waals surface area contributed by atoms with Crippen LogP contribution in [0, 0.1) is 5.92 Å². The normalized spacial score (nSPS) is 18.8. The second-order valence-corrected chi connectivity index (χ2v) is 7.56. The van der Waals surface area contributed by atoms with Crippen LogP contribution in [-0.4, -0.2) is 37.8 Å². The van der Waals surface area contributed by atoms with Crippen LogP contribution in [0.25, 0.3) is 0 Å². The van der Waals surface area contributed by atoms with Crippen molar-refractivity contribution in [3.05, 3.63) is 12.4 Å². The fraction of sp³-hybridized carbons (Fsp3) is 0.786. The summed E-state index contributed by atoms with van der Waals surface area (Å²) in [7, 11) is -1.61. The van der Waals surface area contributed by atoms with Crippen molar-refractivity contribution in [1.29, 1.82) is 0 Å². The highest BCUT2D eigenvalue weighted by molar-refractivity contribution is 7.89. The van der Waals surface area contributed by atoms with Crippen LogP contribution >= 0.6 is 0 Å². The average molecular weight is 314 g/mol. The minimum Gasteiger partial charge on any atom is -0.318 e. The molecule has 21 heavy (non-hydrogen) atoms. The van der Waals surface area contributed by atoms with Gasteiger partial charge in [0.15, 0.2) is 0 Å². The van der Waals surface area contributed by atoms with Crippen LogP contribution in [-0.2, 0) is 16.6 Å². The van der Waals surface area contributed by atoms with E-state index in [0.717, 1.165) is 19.4 Å². The van der Waals surface area contributed by atoms with E-state index in [4.69, 9.17) is 0 Å². The van der Waals surface area contributed by atoms with Gasteiger partial charge in [-0.25, -0.2) is 13.1 Å². The maximum Gasteiger partial charge on any atom is 0.243 e. The van der Waals surface area contributed by atoms with Crippen LogP contribution in [0.15, 0.2) is 17.3 Å². The van der Waals surface area contributed by atoms with Gasteiger partial charge in [0.05, 0.1) is 12.7 Å². The molecule has 7 heteroatoms. The van der Waals surface area contributed by atoms with Crippen molar-refractivity contribution in [1.82, 2.24) is 19.8 Å². The molecule has 1 aliphatic rings. The molecule has 1 unspecified atom stereocenters. The predicted molar refractivity (Wildman–Crippen MR) is 82.5 cm³/mol. The molecule has 1 saturated carbocycles. The molecule has 1 aromatic rings. The van der Waals surface area contributed by atoms with Crippen molar-refractivity contribution < 1.29 is 8.42 Å². The molecule has 1 heterocycles. The van der Waals surface area contributed by atoms with Gasteiger partial charge < -0.3 is 5.32 Å². The lowest BCUT2D eigenvalue weighted by molar-refractivity contribution is 0.303. The highest BCUT2D eigenvalue weighted by Gasteiger charge is 2.25. The molecule has 0 saturated heterocycles. The maximum atomic E-state index is 12.4. The first-order valence-electron chi connectivity index (χ1n) is 7.72. The van der Waals surface area contributed by atoms with Gasteiger partial charge in [-0.1, -0.05) is 19.3 Å². The number of nitrogens with one attached hydrogen (secondary N) is 2. The summed E-state index contributed by atoms with van der Waals surface area (Å²) in [5, 5.41) is 7.11. The van der Waals surface area contributed by atoms with Crippen molar-refractivity contribution >= 4 is 10.0 Å². The van der Waals surface area contributed by atoms with E-state index in [9.17, 15) is 8.42 Å². The van der Waals surface area contributed by atoms with Crippen molar-refractivity contribution in [2.45, 2.75) is 56.5 Å². The van der Waals surface area contributed by atoms with E-state index in [1.165, 1.54) is 25.5 Å². The Morgan fingerprint density at radius 3 is 2.76 bits per heavy atom. The SMILES string of the molecule is CNCCn1cc(S(=O)(=O)NC(C)C2CCCCC2)cn1. The molecule has 1 fully saturated rings. The summed E-state index contributed by atoms with van der Waals surface area (Å²) in [5.41, 5.74) is 0. The smallest absolute Gasteiger partial charge is 0.243 e. The van der Waals surface area contributed by atoms with E-state index in [1.54, 1.807) is 10.9 Å². The summed E-state index contributed by atoms with van der Waals surface area (Å²) in [5.74, 6) is 0.452. The Hall–Kier alpha value is -0.920. The standard InChI is InChI=1S/C14H26N4O2S/c1-12(13-6-4-3-5-7-13)17-21(19,20)14-10-16-18(11-14)9-8-15-2/h10-13,15,17H,3-9H2,1-2H3. The minimum atomic E-state index is -3.47. The number of likely N-dealkylation sites (N-methyl/N-ethyl adjacent to an activating group) is 1. The van der Waals surface area contributed by atoms with Gasteiger partial charge in [-0.15, -0.1) is 0 Å². The highest BCUT2D eigenvalue weighted by Crippen LogP contribution is 2.27. The molecule has 1 aliphatic carbocycles. The maximum absolute atomic E-state index is 12.4. The Balaban J connectivity index is 1.98. The van der Waals surface area contributed by atoms with Crippen LogP contribution in [0.3, 0.4) is 0 Å².